The summed E-state index contributed by atoms with van der Waals surface area (Å²) in [5.74, 6) is 1.06. The van der Waals surface area contributed by atoms with Crippen molar-refractivity contribution in [3.63, 3.8) is 0 Å². The van der Waals surface area contributed by atoms with Gasteiger partial charge in [0.25, 0.3) is 0 Å². The second-order valence-corrected chi connectivity index (χ2v) is 8.72. The van der Waals surface area contributed by atoms with E-state index in [9.17, 15) is 0 Å². The van der Waals surface area contributed by atoms with E-state index in [2.05, 4.69) is 107 Å². The van der Waals surface area contributed by atoms with Gasteiger partial charge in [-0.15, -0.1) is 0 Å². The van der Waals surface area contributed by atoms with E-state index >= 15 is 0 Å². The minimum atomic E-state index is 0.271. The van der Waals surface area contributed by atoms with Crippen LogP contribution in [-0.4, -0.2) is 21.0 Å². The third kappa shape index (κ3) is 5.61. The molecule has 0 spiro atoms. The quantitative estimate of drug-likeness (QED) is 0.291. The lowest BCUT2D eigenvalue weighted by molar-refractivity contribution is 0.190. The molecule has 160 valence electrons. The highest BCUT2D eigenvalue weighted by atomic mass is 79.9. The van der Waals surface area contributed by atoms with Gasteiger partial charge in [-0.05, 0) is 47.8 Å². The van der Waals surface area contributed by atoms with Crippen LogP contribution in [0, 0.1) is 0 Å². The lowest BCUT2D eigenvalue weighted by Crippen LogP contribution is -2.29. The van der Waals surface area contributed by atoms with E-state index in [0.29, 0.717) is 0 Å². The second-order valence-electron chi connectivity index (χ2n) is 7.97. The number of aromatic nitrogens is 2. The summed E-state index contributed by atoms with van der Waals surface area (Å²) in [5.41, 5.74) is 3.82. The van der Waals surface area contributed by atoms with Gasteiger partial charge in [-0.1, -0.05) is 87.4 Å². The Morgan fingerprint density at radius 1 is 0.933 bits per heavy atom. The lowest BCUT2D eigenvalue weighted by Gasteiger charge is -2.30. The van der Waals surface area contributed by atoms with Crippen LogP contribution in [0.25, 0.3) is 11.4 Å². The number of nitrogens with zero attached hydrogens (tertiary/aromatic N) is 3. The average molecular weight is 468 g/mol. The Bertz CT molecular complexity index is 889. The molecule has 0 radical (unpaired) electrons. The summed E-state index contributed by atoms with van der Waals surface area (Å²) in [6, 6.07) is 21.6. The summed E-state index contributed by atoms with van der Waals surface area (Å²) in [6.45, 7) is 9.87. The molecule has 0 fully saturated rings. The van der Waals surface area contributed by atoms with E-state index in [1.165, 1.54) is 36.1 Å². The van der Waals surface area contributed by atoms with Gasteiger partial charge in [0.05, 0.1) is 11.7 Å². The third-order valence-corrected chi connectivity index (χ3v) is 6.28. The van der Waals surface area contributed by atoms with Gasteiger partial charge in [0, 0.05) is 18.7 Å². The fourth-order valence-electron chi connectivity index (χ4n) is 3.95. The van der Waals surface area contributed by atoms with Gasteiger partial charge in [0.1, 0.15) is 10.4 Å². The van der Waals surface area contributed by atoms with Crippen LogP contribution in [0.5, 0.6) is 0 Å². The first-order valence-corrected chi connectivity index (χ1v) is 12.0. The van der Waals surface area contributed by atoms with Crippen LogP contribution in [0.4, 0.5) is 0 Å². The van der Waals surface area contributed by atoms with Crippen molar-refractivity contribution in [1.82, 2.24) is 14.5 Å². The Balaban J connectivity index is 1.98. The summed E-state index contributed by atoms with van der Waals surface area (Å²) >= 11 is 3.82. The number of halogens is 1. The average Bonchev–Trinajstić information content (AvgIpc) is 3.11. The molecule has 0 saturated heterocycles. The monoisotopic (exact) mass is 467 g/mol. The van der Waals surface area contributed by atoms with Crippen molar-refractivity contribution in [3.05, 3.63) is 76.5 Å². The molecule has 0 saturated carbocycles. The summed E-state index contributed by atoms with van der Waals surface area (Å²) in [7, 11) is 0. The molecule has 0 amide bonds. The van der Waals surface area contributed by atoms with Crippen LogP contribution in [0.15, 0.2) is 65.3 Å². The summed E-state index contributed by atoms with van der Waals surface area (Å²) in [6.07, 6.45) is 4.71. The molecule has 1 atom stereocenters. The minimum Gasteiger partial charge on any atom is -0.326 e. The third-order valence-electron chi connectivity index (χ3n) is 5.70. The van der Waals surface area contributed by atoms with E-state index in [4.69, 9.17) is 4.98 Å². The molecule has 0 aliphatic heterocycles. The first-order valence-electron chi connectivity index (χ1n) is 11.2. The van der Waals surface area contributed by atoms with E-state index in [-0.39, 0.29) is 6.04 Å². The SMILES string of the molecule is CCCCN(Cc1ccccc1)C(C)c1c(Br)nc(-c2ccccc2)n1CCCC. The second kappa shape index (κ2) is 11.5. The number of imidazole rings is 1. The Kier molecular flexibility index (Phi) is 8.71. The fourth-order valence-corrected chi connectivity index (χ4v) is 4.66. The molecule has 4 heteroatoms. The van der Waals surface area contributed by atoms with E-state index in [0.717, 1.165) is 36.5 Å². The first kappa shape index (κ1) is 22.8. The Labute approximate surface area is 190 Å². The van der Waals surface area contributed by atoms with Crippen molar-refractivity contribution < 1.29 is 0 Å². The van der Waals surface area contributed by atoms with Crippen LogP contribution < -0.4 is 0 Å². The number of unbranched alkanes of at least 4 members (excludes halogenated alkanes) is 2. The Morgan fingerprint density at radius 3 is 2.20 bits per heavy atom. The van der Waals surface area contributed by atoms with Crippen molar-refractivity contribution >= 4 is 15.9 Å². The highest BCUT2D eigenvalue weighted by molar-refractivity contribution is 9.10. The van der Waals surface area contributed by atoms with Crippen LogP contribution in [-0.2, 0) is 13.1 Å². The van der Waals surface area contributed by atoms with Crippen LogP contribution >= 0.6 is 15.9 Å². The van der Waals surface area contributed by atoms with Crippen molar-refractivity contribution in [1.29, 1.82) is 0 Å². The van der Waals surface area contributed by atoms with Crippen molar-refractivity contribution in [2.45, 2.75) is 65.6 Å². The molecule has 3 rings (SSSR count). The minimum absolute atomic E-state index is 0.271. The molecule has 0 bridgehead atoms. The molecule has 1 aromatic heterocycles. The highest BCUT2D eigenvalue weighted by Gasteiger charge is 2.25. The number of hydrogen-bond donors (Lipinski definition) is 0. The fraction of sp³-hybridized carbons (Fsp3) is 0.423. The zero-order chi connectivity index (χ0) is 21.3. The highest BCUT2D eigenvalue weighted by Crippen LogP contribution is 2.34. The molecule has 0 aliphatic rings. The summed E-state index contributed by atoms with van der Waals surface area (Å²) < 4.78 is 3.41. The lowest BCUT2D eigenvalue weighted by atomic mass is 10.1. The van der Waals surface area contributed by atoms with Crippen LogP contribution in [0.1, 0.15) is 63.8 Å². The van der Waals surface area contributed by atoms with Gasteiger partial charge in [-0.25, -0.2) is 4.98 Å². The number of hydrogen-bond acceptors (Lipinski definition) is 2. The van der Waals surface area contributed by atoms with Gasteiger partial charge in [0.15, 0.2) is 0 Å². The number of rotatable bonds is 11. The largest absolute Gasteiger partial charge is 0.326 e. The van der Waals surface area contributed by atoms with E-state index in [1.54, 1.807) is 0 Å². The maximum absolute atomic E-state index is 4.98. The van der Waals surface area contributed by atoms with Crippen LogP contribution in [0.3, 0.4) is 0 Å². The van der Waals surface area contributed by atoms with E-state index < -0.39 is 0 Å². The molecule has 0 N–H and O–H groups in total. The predicted molar refractivity (Wildman–Crippen MR) is 130 cm³/mol. The van der Waals surface area contributed by atoms with Gasteiger partial charge in [-0.3, -0.25) is 4.90 Å². The topological polar surface area (TPSA) is 21.1 Å². The zero-order valence-corrected chi connectivity index (χ0v) is 20.1. The summed E-state index contributed by atoms with van der Waals surface area (Å²) in [4.78, 5) is 7.57. The maximum Gasteiger partial charge on any atom is 0.141 e. The normalized spacial score (nSPS) is 12.4. The molecule has 3 aromatic rings. The first-order chi connectivity index (χ1) is 14.7. The van der Waals surface area contributed by atoms with Gasteiger partial charge < -0.3 is 4.57 Å². The summed E-state index contributed by atoms with van der Waals surface area (Å²) in [5, 5.41) is 0. The number of benzene rings is 2. The molecule has 30 heavy (non-hydrogen) atoms. The van der Waals surface area contributed by atoms with Crippen molar-refractivity contribution in [2.75, 3.05) is 6.54 Å². The predicted octanol–water partition coefficient (Wildman–Crippen LogP) is 7.48. The van der Waals surface area contributed by atoms with Crippen molar-refractivity contribution in [3.8, 4) is 11.4 Å². The zero-order valence-electron chi connectivity index (χ0n) is 18.5. The maximum atomic E-state index is 4.98. The van der Waals surface area contributed by atoms with Gasteiger partial charge in [0.2, 0.25) is 0 Å². The molecule has 1 unspecified atom stereocenters. The Morgan fingerprint density at radius 2 is 1.57 bits per heavy atom. The molecule has 1 heterocycles. The molecule has 0 aliphatic carbocycles. The standard InChI is InChI=1S/C26H34BrN3/c1-4-6-18-29(20-22-14-10-8-11-15-22)21(3)24-25(27)28-26(30(24)19-7-5-2)23-16-12-9-13-17-23/h8-17,21H,4-7,18-20H2,1-3H3. The van der Waals surface area contributed by atoms with Crippen molar-refractivity contribution in [2.24, 2.45) is 0 Å². The van der Waals surface area contributed by atoms with Crippen LogP contribution in [0.2, 0.25) is 0 Å². The molecule has 3 nitrogen and oxygen atoms in total. The van der Waals surface area contributed by atoms with Gasteiger partial charge in [-0.2, -0.15) is 0 Å². The Hall–Kier alpha value is -1.91. The molecular formula is C26H34BrN3. The molecule has 2 aromatic carbocycles. The van der Waals surface area contributed by atoms with E-state index in [1.807, 2.05) is 0 Å². The molecular weight excluding hydrogens is 434 g/mol. The smallest absolute Gasteiger partial charge is 0.141 e. The van der Waals surface area contributed by atoms with Gasteiger partial charge >= 0.3 is 0 Å².